The van der Waals surface area contributed by atoms with Crippen LogP contribution in [0.2, 0.25) is 0 Å². The van der Waals surface area contributed by atoms with E-state index in [2.05, 4.69) is 4.98 Å². The number of nitrogens with zero attached hydrogens (tertiary/aromatic N) is 1. The van der Waals surface area contributed by atoms with Crippen LogP contribution < -0.4 is 0 Å². The molecule has 0 atom stereocenters. The molecular formula is C10H11NO3. The first-order valence-electron chi connectivity index (χ1n) is 4.52. The number of aromatic nitrogens is 1. The van der Waals surface area contributed by atoms with E-state index in [1.807, 2.05) is 6.07 Å². The van der Waals surface area contributed by atoms with Crippen molar-refractivity contribution in [2.24, 2.45) is 0 Å². The van der Waals surface area contributed by atoms with Crippen LogP contribution in [0.25, 0.3) is 0 Å². The smallest absolute Gasteiger partial charge is 0.307 e. The van der Waals surface area contributed by atoms with Gasteiger partial charge in [-0.2, -0.15) is 0 Å². The Labute approximate surface area is 81.5 Å². The monoisotopic (exact) mass is 193 g/mol. The molecule has 1 N–H and O–H groups in total. The summed E-state index contributed by atoms with van der Waals surface area (Å²) in [6.07, 6.45) is 2.49. The zero-order valence-electron chi connectivity index (χ0n) is 7.69. The maximum atomic E-state index is 10.5. The largest absolute Gasteiger partial charge is 0.481 e. The number of pyridine rings is 1. The summed E-state index contributed by atoms with van der Waals surface area (Å²) in [7, 11) is 0. The molecule has 14 heavy (non-hydrogen) atoms. The Kier molecular flexibility index (Phi) is 2.45. The maximum absolute atomic E-state index is 10.5. The van der Waals surface area contributed by atoms with Crippen molar-refractivity contribution < 1.29 is 14.6 Å². The summed E-state index contributed by atoms with van der Waals surface area (Å²) in [6.45, 7) is 1.26. The van der Waals surface area contributed by atoms with Gasteiger partial charge in [0.05, 0.1) is 19.6 Å². The van der Waals surface area contributed by atoms with Crippen molar-refractivity contribution in [3.8, 4) is 0 Å². The first-order chi connectivity index (χ1) is 6.75. The minimum absolute atomic E-state index is 0.0281. The molecule has 0 saturated carbocycles. The van der Waals surface area contributed by atoms with Crippen LogP contribution in [0.4, 0.5) is 0 Å². The van der Waals surface area contributed by atoms with Crippen LogP contribution in [0, 0.1) is 0 Å². The Morgan fingerprint density at radius 2 is 2.50 bits per heavy atom. The van der Waals surface area contributed by atoms with E-state index >= 15 is 0 Å². The van der Waals surface area contributed by atoms with Gasteiger partial charge in [-0.15, -0.1) is 0 Å². The van der Waals surface area contributed by atoms with Crippen LogP contribution in [0.1, 0.15) is 16.8 Å². The van der Waals surface area contributed by atoms with Gasteiger partial charge in [0.25, 0.3) is 0 Å². The molecule has 1 aromatic heterocycles. The number of carboxylic acid groups (broad SMARTS) is 1. The molecule has 0 bridgehead atoms. The highest BCUT2D eigenvalue weighted by Gasteiger charge is 2.11. The lowest BCUT2D eigenvalue weighted by Gasteiger charge is -2.15. The SMILES string of the molecule is O=C(O)Cc1cnc2c(c1)COCC2. The second kappa shape index (κ2) is 3.75. The molecule has 1 aliphatic heterocycles. The molecule has 1 aromatic rings. The first-order valence-corrected chi connectivity index (χ1v) is 4.52. The Morgan fingerprint density at radius 1 is 1.64 bits per heavy atom. The van der Waals surface area contributed by atoms with Gasteiger partial charge < -0.3 is 9.84 Å². The number of carbonyl (C=O) groups is 1. The Hall–Kier alpha value is -1.42. The van der Waals surface area contributed by atoms with Gasteiger partial charge in [0.2, 0.25) is 0 Å². The zero-order valence-corrected chi connectivity index (χ0v) is 7.69. The van der Waals surface area contributed by atoms with Crippen molar-refractivity contribution in [2.45, 2.75) is 19.4 Å². The molecule has 1 aliphatic rings. The molecule has 2 rings (SSSR count). The number of hydrogen-bond donors (Lipinski definition) is 1. The molecule has 0 saturated heterocycles. The Morgan fingerprint density at radius 3 is 3.29 bits per heavy atom. The second-order valence-electron chi connectivity index (χ2n) is 3.32. The van der Waals surface area contributed by atoms with Crippen LogP contribution in [0.15, 0.2) is 12.3 Å². The summed E-state index contributed by atoms with van der Waals surface area (Å²) < 4.78 is 5.27. The van der Waals surface area contributed by atoms with E-state index in [1.54, 1.807) is 6.20 Å². The molecule has 0 unspecified atom stereocenters. The second-order valence-corrected chi connectivity index (χ2v) is 3.32. The fourth-order valence-corrected chi connectivity index (χ4v) is 1.56. The quantitative estimate of drug-likeness (QED) is 0.754. The fourth-order valence-electron chi connectivity index (χ4n) is 1.56. The zero-order chi connectivity index (χ0) is 9.97. The number of hydrogen-bond acceptors (Lipinski definition) is 3. The topological polar surface area (TPSA) is 59.4 Å². The molecule has 0 amide bonds. The lowest BCUT2D eigenvalue weighted by Crippen LogP contribution is -2.13. The minimum Gasteiger partial charge on any atom is -0.481 e. The lowest BCUT2D eigenvalue weighted by atomic mass is 10.1. The molecule has 0 aromatic carbocycles. The summed E-state index contributed by atoms with van der Waals surface area (Å²) in [5, 5.41) is 8.61. The Bertz CT molecular complexity index is 362. The third kappa shape index (κ3) is 1.90. The molecule has 0 fully saturated rings. The highest BCUT2D eigenvalue weighted by atomic mass is 16.5. The lowest BCUT2D eigenvalue weighted by molar-refractivity contribution is -0.136. The molecular weight excluding hydrogens is 182 g/mol. The van der Waals surface area contributed by atoms with Crippen molar-refractivity contribution in [1.82, 2.24) is 4.98 Å². The van der Waals surface area contributed by atoms with E-state index in [9.17, 15) is 4.79 Å². The third-order valence-electron chi connectivity index (χ3n) is 2.21. The van der Waals surface area contributed by atoms with E-state index in [0.29, 0.717) is 13.2 Å². The highest BCUT2D eigenvalue weighted by Crippen LogP contribution is 2.15. The van der Waals surface area contributed by atoms with Gasteiger partial charge in [-0.3, -0.25) is 9.78 Å². The van der Waals surface area contributed by atoms with Gasteiger partial charge in [0.15, 0.2) is 0 Å². The predicted octanol–water partition coefficient (Wildman–Crippen LogP) is 0.781. The van der Waals surface area contributed by atoms with Crippen LogP contribution in [-0.2, 0) is 29.0 Å². The van der Waals surface area contributed by atoms with Gasteiger partial charge >= 0.3 is 5.97 Å². The summed E-state index contributed by atoms with van der Waals surface area (Å²) in [5.41, 5.74) is 2.79. The average molecular weight is 193 g/mol. The summed E-state index contributed by atoms with van der Waals surface area (Å²) in [4.78, 5) is 14.7. The predicted molar refractivity (Wildman–Crippen MR) is 48.9 cm³/mol. The molecule has 74 valence electrons. The van der Waals surface area contributed by atoms with Gasteiger partial charge in [-0.05, 0) is 17.2 Å². The third-order valence-corrected chi connectivity index (χ3v) is 2.21. The van der Waals surface area contributed by atoms with Crippen molar-refractivity contribution in [1.29, 1.82) is 0 Å². The number of aliphatic carboxylic acids is 1. The van der Waals surface area contributed by atoms with Crippen LogP contribution in [0.3, 0.4) is 0 Å². The number of carboxylic acids is 1. The standard InChI is InChI=1S/C10H11NO3/c12-10(13)4-7-3-8-6-14-2-1-9(8)11-5-7/h3,5H,1-2,4,6H2,(H,12,13). The number of rotatable bonds is 2. The maximum Gasteiger partial charge on any atom is 0.307 e. The number of fused-ring (bicyclic) bond motifs is 1. The number of ether oxygens (including phenoxy) is 1. The van der Waals surface area contributed by atoms with Crippen molar-refractivity contribution in [2.75, 3.05) is 6.61 Å². The van der Waals surface area contributed by atoms with Gasteiger partial charge in [-0.25, -0.2) is 0 Å². The van der Waals surface area contributed by atoms with E-state index in [0.717, 1.165) is 23.2 Å². The van der Waals surface area contributed by atoms with Crippen LogP contribution >= 0.6 is 0 Å². The van der Waals surface area contributed by atoms with Gasteiger partial charge in [0, 0.05) is 18.3 Å². The average Bonchev–Trinajstić information content (AvgIpc) is 2.17. The first kappa shape index (κ1) is 9.15. The van der Waals surface area contributed by atoms with E-state index in [1.165, 1.54) is 0 Å². The molecule has 0 spiro atoms. The molecule has 2 heterocycles. The summed E-state index contributed by atoms with van der Waals surface area (Å²) in [6, 6.07) is 1.87. The molecule has 0 radical (unpaired) electrons. The van der Waals surface area contributed by atoms with E-state index < -0.39 is 5.97 Å². The fraction of sp³-hybridized carbons (Fsp3) is 0.400. The normalized spacial score (nSPS) is 14.9. The molecule has 4 nitrogen and oxygen atoms in total. The van der Waals surface area contributed by atoms with E-state index in [4.69, 9.17) is 9.84 Å². The van der Waals surface area contributed by atoms with Crippen LogP contribution in [0.5, 0.6) is 0 Å². The van der Waals surface area contributed by atoms with Crippen LogP contribution in [-0.4, -0.2) is 22.7 Å². The van der Waals surface area contributed by atoms with Gasteiger partial charge in [-0.1, -0.05) is 0 Å². The van der Waals surface area contributed by atoms with E-state index in [-0.39, 0.29) is 6.42 Å². The van der Waals surface area contributed by atoms with Crippen molar-refractivity contribution >= 4 is 5.97 Å². The summed E-state index contributed by atoms with van der Waals surface area (Å²) in [5.74, 6) is -0.830. The highest BCUT2D eigenvalue weighted by molar-refractivity contribution is 5.70. The minimum atomic E-state index is -0.830. The van der Waals surface area contributed by atoms with Crippen molar-refractivity contribution in [3.05, 3.63) is 29.1 Å². The van der Waals surface area contributed by atoms with Gasteiger partial charge in [0.1, 0.15) is 0 Å². The Balaban J connectivity index is 2.24. The molecule has 4 heteroatoms. The van der Waals surface area contributed by atoms with Crippen molar-refractivity contribution in [3.63, 3.8) is 0 Å². The summed E-state index contributed by atoms with van der Waals surface area (Å²) >= 11 is 0. The molecule has 0 aliphatic carbocycles.